The van der Waals surface area contributed by atoms with Gasteiger partial charge in [0.15, 0.2) is 18.1 Å². The number of anilines is 1. The second-order valence-electron chi connectivity index (χ2n) is 6.90. The van der Waals surface area contributed by atoms with Gasteiger partial charge in [-0.25, -0.2) is 4.98 Å². The van der Waals surface area contributed by atoms with Crippen molar-refractivity contribution >= 4 is 28.4 Å². The van der Waals surface area contributed by atoms with Crippen LogP contribution in [0.15, 0.2) is 47.5 Å². The van der Waals surface area contributed by atoms with Crippen LogP contribution in [0.4, 0.5) is 5.69 Å². The second kappa shape index (κ2) is 10.3. The Hall–Kier alpha value is -4.08. The number of primary amides is 1. The lowest BCUT2D eigenvalue weighted by Gasteiger charge is -2.11. The topological polar surface area (TPSA) is 135 Å². The smallest absolute Gasteiger partial charge is 0.261 e. The highest BCUT2D eigenvalue weighted by molar-refractivity contribution is 5.90. The summed E-state index contributed by atoms with van der Waals surface area (Å²) in [6.07, 6.45) is 2.13. The number of fused-ring (bicyclic) bond motifs is 1. The number of hydrogen-bond donors (Lipinski definition) is 2. The van der Waals surface area contributed by atoms with E-state index >= 15 is 0 Å². The SMILES string of the molecule is COc1cc2ncn(CCCC(=O)Nc3ccc(OCC(N)=O)cc3)c(=O)c2cc1OC. The van der Waals surface area contributed by atoms with E-state index in [4.69, 9.17) is 19.9 Å². The number of ether oxygens (including phenoxy) is 3. The molecule has 0 unspecified atom stereocenters. The van der Waals surface area contributed by atoms with E-state index in [1.807, 2.05) is 0 Å². The third-order valence-corrected chi connectivity index (χ3v) is 4.65. The van der Waals surface area contributed by atoms with Crippen LogP contribution in [-0.2, 0) is 16.1 Å². The lowest BCUT2D eigenvalue weighted by Crippen LogP contribution is -2.22. The van der Waals surface area contributed by atoms with Gasteiger partial charge in [-0.2, -0.15) is 0 Å². The van der Waals surface area contributed by atoms with Crippen LogP contribution in [0.5, 0.6) is 17.2 Å². The van der Waals surface area contributed by atoms with E-state index < -0.39 is 5.91 Å². The van der Waals surface area contributed by atoms with Crippen molar-refractivity contribution < 1.29 is 23.8 Å². The molecule has 2 amide bonds. The van der Waals surface area contributed by atoms with Gasteiger partial charge in [0.25, 0.3) is 11.5 Å². The summed E-state index contributed by atoms with van der Waals surface area (Å²) in [7, 11) is 3.01. The second-order valence-corrected chi connectivity index (χ2v) is 6.90. The van der Waals surface area contributed by atoms with E-state index in [0.717, 1.165) is 0 Å². The number of carbonyl (C=O) groups is 2. The zero-order chi connectivity index (χ0) is 23.1. The minimum absolute atomic E-state index is 0.191. The van der Waals surface area contributed by atoms with Crippen LogP contribution in [0.2, 0.25) is 0 Å². The van der Waals surface area contributed by atoms with Crippen molar-refractivity contribution in [1.29, 1.82) is 0 Å². The molecule has 0 aliphatic carbocycles. The molecule has 0 saturated carbocycles. The number of nitrogens with two attached hydrogens (primary N) is 1. The third kappa shape index (κ3) is 5.54. The van der Waals surface area contributed by atoms with E-state index in [0.29, 0.717) is 46.8 Å². The summed E-state index contributed by atoms with van der Waals surface area (Å²) in [5, 5.41) is 3.18. The van der Waals surface area contributed by atoms with Gasteiger partial charge in [0.1, 0.15) is 5.75 Å². The third-order valence-electron chi connectivity index (χ3n) is 4.65. The molecule has 0 aliphatic rings. The van der Waals surface area contributed by atoms with Crippen molar-refractivity contribution in [1.82, 2.24) is 9.55 Å². The molecule has 0 spiro atoms. The van der Waals surface area contributed by atoms with Crippen molar-refractivity contribution in [3.8, 4) is 17.2 Å². The summed E-state index contributed by atoms with van der Waals surface area (Å²) in [6.45, 7) is 0.123. The van der Waals surface area contributed by atoms with Crippen LogP contribution in [0, 0.1) is 0 Å². The Balaban J connectivity index is 1.57. The van der Waals surface area contributed by atoms with E-state index in [1.54, 1.807) is 36.4 Å². The summed E-state index contributed by atoms with van der Waals surface area (Å²) in [5.41, 5.74) is 5.90. The molecule has 10 heteroatoms. The van der Waals surface area contributed by atoms with Crippen molar-refractivity contribution in [3.05, 3.63) is 53.1 Å². The molecule has 0 fully saturated rings. The van der Waals surface area contributed by atoms with Crippen LogP contribution in [-0.4, -0.2) is 42.2 Å². The molecule has 0 atom stereocenters. The fraction of sp³-hybridized carbons (Fsp3) is 0.273. The van der Waals surface area contributed by atoms with Crippen LogP contribution in [0.25, 0.3) is 10.9 Å². The molecule has 0 saturated heterocycles. The first kappa shape index (κ1) is 22.6. The molecule has 3 rings (SSSR count). The van der Waals surface area contributed by atoms with Gasteiger partial charge in [-0.15, -0.1) is 0 Å². The van der Waals surface area contributed by atoms with Gasteiger partial charge >= 0.3 is 0 Å². The molecule has 168 valence electrons. The molecular weight excluding hydrogens is 416 g/mol. The Morgan fingerprint density at radius 3 is 2.44 bits per heavy atom. The molecule has 0 radical (unpaired) electrons. The first-order valence-corrected chi connectivity index (χ1v) is 9.83. The van der Waals surface area contributed by atoms with Crippen molar-refractivity contribution in [2.75, 3.05) is 26.1 Å². The van der Waals surface area contributed by atoms with Crippen molar-refractivity contribution in [2.24, 2.45) is 5.73 Å². The number of rotatable bonds is 10. The molecule has 3 aromatic rings. The minimum atomic E-state index is -0.568. The average Bonchev–Trinajstić information content (AvgIpc) is 2.79. The number of hydrogen-bond acceptors (Lipinski definition) is 7. The van der Waals surface area contributed by atoms with E-state index in [9.17, 15) is 14.4 Å². The van der Waals surface area contributed by atoms with Crippen LogP contribution >= 0.6 is 0 Å². The first-order valence-electron chi connectivity index (χ1n) is 9.83. The number of nitrogens with one attached hydrogen (secondary N) is 1. The number of amides is 2. The quantitative estimate of drug-likeness (QED) is 0.490. The van der Waals surface area contributed by atoms with Gasteiger partial charge in [-0.1, -0.05) is 0 Å². The maximum absolute atomic E-state index is 12.8. The number of methoxy groups -OCH3 is 2. The predicted molar refractivity (Wildman–Crippen MR) is 118 cm³/mol. The van der Waals surface area contributed by atoms with Gasteiger partial charge in [0.05, 0.1) is 31.4 Å². The Morgan fingerprint density at radius 2 is 1.78 bits per heavy atom. The molecule has 1 heterocycles. The zero-order valence-corrected chi connectivity index (χ0v) is 17.8. The summed E-state index contributed by atoms with van der Waals surface area (Å²) >= 11 is 0. The summed E-state index contributed by atoms with van der Waals surface area (Å²) in [4.78, 5) is 40.0. The predicted octanol–water partition coefficient (Wildman–Crippen LogP) is 1.70. The minimum Gasteiger partial charge on any atom is -0.493 e. The highest BCUT2D eigenvalue weighted by Crippen LogP contribution is 2.29. The molecule has 0 aliphatic heterocycles. The number of carbonyl (C=O) groups excluding carboxylic acids is 2. The van der Waals surface area contributed by atoms with Crippen LogP contribution in [0.1, 0.15) is 12.8 Å². The summed E-state index contributed by atoms with van der Waals surface area (Å²) in [5.74, 6) is 0.654. The summed E-state index contributed by atoms with van der Waals surface area (Å²) < 4.78 is 17.1. The maximum Gasteiger partial charge on any atom is 0.261 e. The van der Waals surface area contributed by atoms with Crippen LogP contribution in [0.3, 0.4) is 0 Å². The Labute approximate surface area is 183 Å². The largest absolute Gasteiger partial charge is 0.493 e. The molecule has 1 aromatic heterocycles. The van der Waals surface area contributed by atoms with Gasteiger partial charge in [0, 0.05) is 24.7 Å². The Bertz CT molecular complexity index is 1170. The van der Waals surface area contributed by atoms with E-state index in [-0.39, 0.29) is 24.5 Å². The fourth-order valence-corrected chi connectivity index (χ4v) is 3.07. The normalized spacial score (nSPS) is 10.6. The molecule has 32 heavy (non-hydrogen) atoms. The Morgan fingerprint density at radius 1 is 1.09 bits per heavy atom. The van der Waals surface area contributed by atoms with Gasteiger partial charge < -0.3 is 25.3 Å². The summed E-state index contributed by atoms with van der Waals surface area (Å²) in [6, 6.07) is 9.83. The molecule has 2 aromatic carbocycles. The van der Waals surface area contributed by atoms with Crippen molar-refractivity contribution in [3.63, 3.8) is 0 Å². The molecule has 0 bridgehead atoms. The van der Waals surface area contributed by atoms with Gasteiger partial charge in [-0.3, -0.25) is 19.0 Å². The average molecular weight is 440 g/mol. The van der Waals surface area contributed by atoms with E-state index in [1.165, 1.54) is 25.1 Å². The number of nitrogens with zero attached hydrogens (tertiary/aromatic N) is 2. The van der Waals surface area contributed by atoms with Gasteiger partial charge in [0.2, 0.25) is 5.91 Å². The Kier molecular flexibility index (Phi) is 7.27. The standard InChI is InChI=1S/C22H24N4O6/c1-30-18-10-16-17(11-19(18)31-2)24-13-26(22(16)29)9-3-4-21(28)25-14-5-7-15(8-6-14)32-12-20(23)27/h5-8,10-11,13H,3-4,9,12H2,1-2H3,(H2,23,27)(H,25,28). The van der Waals surface area contributed by atoms with Gasteiger partial charge in [-0.05, 0) is 36.8 Å². The highest BCUT2D eigenvalue weighted by Gasteiger charge is 2.11. The highest BCUT2D eigenvalue weighted by atomic mass is 16.5. The van der Waals surface area contributed by atoms with Crippen LogP contribution < -0.4 is 30.8 Å². The van der Waals surface area contributed by atoms with E-state index in [2.05, 4.69) is 10.3 Å². The maximum atomic E-state index is 12.8. The molecular formula is C22H24N4O6. The number of benzene rings is 2. The monoisotopic (exact) mass is 440 g/mol. The first-order chi connectivity index (χ1) is 15.4. The fourth-order valence-electron chi connectivity index (χ4n) is 3.07. The number of aryl methyl sites for hydroxylation is 1. The number of aromatic nitrogens is 2. The lowest BCUT2D eigenvalue weighted by atomic mass is 10.2. The lowest BCUT2D eigenvalue weighted by molar-refractivity contribution is -0.120. The molecule has 3 N–H and O–H groups in total. The van der Waals surface area contributed by atoms with Crippen molar-refractivity contribution in [2.45, 2.75) is 19.4 Å². The molecule has 10 nitrogen and oxygen atoms in total. The zero-order valence-electron chi connectivity index (χ0n) is 17.8.